The van der Waals surface area contributed by atoms with Crippen molar-refractivity contribution in [3.05, 3.63) is 60.4 Å². The zero-order valence-electron chi connectivity index (χ0n) is 14.0. The summed E-state index contributed by atoms with van der Waals surface area (Å²) in [6.07, 6.45) is 2.06. The zero-order chi connectivity index (χ0) is 17.4. The quantitative estimate of drug-likeness (QED) is 0.575. The van der Waals surface area contributed by atoms with Gasteiger partial charge in [0.1, 0.15) is 17.9 Å². The van der Waals surface area contributed by atoms with E-state index in [-0.39, 0.29) is 5.78 Å². The number of aromatic nitrogens is 4. The van der Waals surface area contributed by atoms with Gasteiger partial charge in [0.05, 0.1) is 5.52 Å². The second kappa shape index (κ2) is 5.98. The molecule has 6 heteroatoms. The lowest BCUT2D eigenvalue weighted by atomic mass is 10.1. The van der Waals surface area contributed by atoms with Crippen molar-refractivity contribution in [1.29, 1.82) is 0 Å². The number of para-hydroxylation sites is 1. The van der Waals surface area contributed by atoms with Crippen LogP contribution in [0.15, 0.2) is 54.9 Å². The molecule has 0 bridgehead atoms. The van der Waals surface area contributed by atoms with E-state index in [4.69, 9.17) is 0 Å². The molecule has 0 fully saturated rings. The van der Waals surface area contributed by atoms with Crippen molar-refractivity contribution in [3.8, 4) is 0 Å². The van der Waals surface area contributed by atoms with Crippen LogP contribution in [0.25, 0.3) is 16.7 Å². The van der Waals surface area contributed by atoms with E-state index in [1.807, 2.05) is 64.9 Å². The van der Waals surface area contributed by atoms with Gasteiger partial charge in [-0.05, 0) is 36.8 Å². The minimum absolute atomic E-state index is 0.134. The van der Waals surface area contributed by atoms with E-state index in [0.717, 1.165) is 28.0 Å². The van der Waals surface area contributed by atoms with Gasteiger partial charge < -0.3 is 4.90 Å². The third-order valence-corrected chi connectivity index (χ3v) is 4.21. The summed E-state index contributed by atoms with van der Waals surface area (Å²) in [6, 6.07) is 16.0. The minimum atomic E-state index is 0.134. The number of nitrogens with zero attached hydrogens (tertiary/aromatic N) is 5. The molecule has 0 aliphatic heterocycles. The van der Waals surface area contributed by atoms with E-state index in [1.54, 1.807) is 13.3 Å². The predicted octanol–water partition coefficient (Wildman–Crippen LogP) is 3.18. The molecule has 2 aromatic carbocycles. The van der Waals surface area contributed by atoms with Crippen LogP contribution in [0.5, 0.6) is 0 Å². The Bertz CT molecular complexity index is 1070. The average Bonchev–Trinajstić information content (AvgIpc) is 3.09. The first-order valence-corrected chi connectivity index (χ1v) is 8.04. The molecule has 0 spiro atoms. The number of carbonyl (C=O) groups excluding carboxylic acids is 1. The van der Waals surface area contributed by atoms with Crippen LogP contribution >= 0.6 is 0 Å². The highest BCUT2D eigenvalue weighted by molar-refractivity contribution is 5.94. The van der Waals surface area contributed by atoms with Crippen molar-refractivity contribution in [2.24, 2.45) is 0 Å². The lowest BCUT2D eigenvalue weighted by Crippen LogP contribution is -2.13. The smallest absolute Gasteiger partial charge is 0.257 e. The van der Waals surface area contributed by atoms with Crippen molar-refractivity contribution < 1.29 is 4.79 Å². The minimum Gasteiger partial charge on any atom is -0.329 e. The summed E-state index contributed by atoms with van der Waals surface area (Å²) in [5, 5.41) is 9.06. The number of fused-ring (bicyclic) bond motifs is 3. The van der Waals surface area contributed by atoms with Crippen LogP contribution in [-0.2, 0) is 11.2 Å². The molecule has 0 aliphatic carbocycles. The Balaban J connectivity index is 1.95. The molecule has 6 nitrogen and oxygen atoms in total. The van der Waals surface area contributed by atoms with Crippen LogP contribution in [0.3, 0.4) is 0 Å². The predicted molar refractivity (Wildman–Crippen MR) is 97.2 cm³/mol. The molecule has 0 aliphatic rings. The molecule has 2 heterocycles. The molecule has 0 saturated heterocycles. The van der Waals surface area contributed by atoms with Crippen LogP contribution in [0, 0.1) is 0 Å². The molecule has 0 N–H and O–H groups in total. The maximum absolute atomic E-state index is 11.5. The van der Waals surface area contributed by atoms with Gasteiger partial charge in [-0.2, -0.15) is 4.98 Å². The molecule has 4 aromatic rings. The lowest BCUT2D eigenvalue weighted by Gasteiger charge is -2.20. The van der Waals surface area contributed by atoms with E-state index >= 15 is 0 Å². The van der Waals surface area contributed by atoms with Gasteiger partial charge in [-0.25, -0.2) is 0 Å². The van der Waals surface area contributed by atoms with Crippen LogP contribution < -0.4 is 4.90 Å². The maximum Gasteiger partial charge on any atom is 0.257 e. The summed E-state index contributed by atoms with van der Waals surface area (Å²) >= 11 is 0. The average molecular weight is 331 g/mol. The van der Waals surface area contributed by atoms with E-state index < -0.39 is 0 Å². The van der Waals surface area contributed by atoms with Crippen molar-refractivity contribution >= 4 is 34.0 Å². The molecule has 25 heavy (non-hydrogen) atoms. The Morgan fingerprint density at radius 3 is 2.72 bits per heavy atom. The van der Waals surface area contributed by atoms with E-state index in [2.05, 4.69) is 15.2 Å². The van der Waals surface area contributed by atoms with Gasteiger partial charge in [0.2, 0.25) is 0 Å². The molecule has 0 atom stereocenters. The Morgan fingerprint density at radius 2 is 1.96 bits per heavy atom. The molecular weight excluding hydrogens is 314 g/mol. The number of ketones is 1. The van der Waals surface area contributed by atoms with Crippen molar-refractivity contribution in [2.75, 3.05) is 11.9 Å². The summed E-state index contributed by atoms with van der Waals surface area (Å²) in [6.45, 7) is 1.60. The molecule has 0 amide bonds. The first-order chi connectivity index (χ1) is 12.1. The zero-order valence-corrected chi connectivity index (χ0v) is 14.0. The van der Waals surface area contributed by atoms with Gasteiger partial charge >= 0.3 is 0 Å². The van der Waals surface area contributed by atoms with Crippen molar-refractivity contribution in [1.82, 2.24) is 19.6 Å². The third kappa shape index (κ3) is 2.71. The van der Waals surface area contributed by atoms with Gasteiger partial charge in [0, 0.05) is 24.5 Å². The van der Waals surface area contributed by atoms with E-state index in [1.165, 1.54) is 0 Å². The van der Waals surface area contributed by atoms with Crippen LogP contribution in [0.1, 0.15) is 12.5 Å². The molecule has 4 rings (SSSR count). The first kappa shape index (κ1) is 15.3. The molecule has 0 saturated carbocycles. The van der Waals surface area contributed by atoms with E-state index in [0.29, 0.717) is 12.2 Å². The largest absolute Gasteiger partial charge is 0.329 e. The van der Waals surface area contributed by atoms with Crippen LogP contribution in [0.4, 0.5) is 11.5 Å². The highest BCUT2D eigenvalue weighted by Crippen LogP contribution is 2.30. The Morgan fingerprint density at radius 1 is 1.16 bits per heavy atom. The highest BCUT2D eigenvalue weighted by atomic mass is 16.1. The maximum atomic E-state index is 11.5. The van der Waals surface area contributed by atoms with Gasteiger partial charge in [-0.15, -0.1) is 10.2 Å². The van der Waals surface area contributed by atoms with Crippen molar-refractivity contribution in [2.45, 2.75) is 13.3 Å². The first-order valence-electron chi connectivity index (χ1n) is 8.04. The Kier molecular flexibility index (Phi) is 3.65. The van der Waals surface area contributed by atoms with Gasteiger partial charge in [0.25, 0.3) is 5.78 Å². The second-order valence-corrected chi connectivity index (χ2v) is 6.06. The summed E-state index contributed by atoms with van der Waals surface area (Å²) in [4.78, 5) is 18.2. The molecule has 0 unspecified atom stereocenters. The van der Waals surface area contributed by atoms with Gasteiger partial charge in [-0.3, -0.25) is 9.20 Å². The number of anilines is 2. The summed E-state index contributed by atoms with van der Waals surface area (Å²) < 4.78 is 1.85. The molecular formula is C19H17N5O. The number of rotatable bonds is 4. The third-order valence-electron chi connectivity index (χ3n) is 4.21. The van der Waals surface area contributed by atoms with Crippen molar-refractivity contribution in [3.63, 3.8) is 0 Å². The van der Waals surface area contributed by atoms with Gasteiger partial charge in [-0.1, -0.05) is 24.3 Å². The SMILES string of the molecule is CC(=O)Cc1ccc2c(N(C)c3ccccc3)nc3nncn3c2c1. The number of hydrogen-bond acceptors (Lipinski definition) is 5. The number of hydrogen-bond donors (Lipinski definition) is 0. The second-order valence-electron chi connectivity index (χ2n) is 6.06. The van der Waals surface area contributed by atoms with E-state index in [9.17, 15) is 4.79 Å². The number of benzene rings is 2. The fraction of sp³-hybridized carbons (Fsp3) is 0.158. The monoisotopic (exact) mass is 331 g/mol. The summed E-state index contributed by atoms with van der Waals surface area (Å²) in [5.41, 5.74) is 2.94. The van der Waals surface area contributed by atoms with Crippen LogP contribution in [0.2, 0.25) is 0 Å². The lowest BCUT2D eigenvalue weighted by molar-refractivity contribution is -0.116. The summed E-state index contributed by atoms with van der Waals surface area (Å²) in [7, 11) is 1.98. The highest BCUT2D eigenvalue weighted by Gasteiger charge is 2.15. The Hall–Kier alpha value is -3.28. The topological polar surface area (TPSA) is 63.4 Å². The Labute approximate surface area is 144 Å². The standard InChI is InChI=1S/C19H17N5O/c1-13(25)10-14-8-9-16-17(11-14)24-12-20-22-19(24)21-18(16)23(2)15-6-4-3-5-7-15/h3-9,11-12H,10H2,1-2H3. The molecule has 0 radical (unpaired) electrons. The fourth-order valence-electron chi connectivity index (χ4n) is 3.02. The fourth-order valence-corrected chi connectivity index (χ4v) is 3.02. The van der Waals surface area contributed by atoms with Gasteiger partial charge in [0.15, 0.2) is 0 Å². The molecule has 124 valence electrons. The normalized spacial score (nSPS) is 11.1. The summed E-state index contributed by atoms with van der Waals surface area (Å²) in [5.74, 6) is 1.47. The van der Waals surface area contributed by atoms with Crippen LogP contribution in [-0.4, -0.2) is 32.4 Å². The number of Topliss-reactive ketones (excluding diaryl/α,β-unsaturated/α-hetero) is 1. The number of carbonyl (C=O) groups is 1. The molecule has 2 aromatic heterocycles.